The summed E-state index contributed by atoms with van der Waals surface area (Å²) in [6.45, 7) is 1.27. The quantitative estimate of drug-likeness (QED) is 0.609. The van der Waals surface area contributed by atoms with Crippen LogP contribution in [-0.4, -0.2) is 44.8 Å². The maximum atomic E-state index is 13.8. The Kier molecular flexibility index (Phi) is 6.39. The third-order valence-corrected chi connectivity index (χ3v) is 7.24. The first-order chi connectivity index (χ1) is 15.7. The molecule has 3 aromatic rings. The van der Waals surface area contributed by atoms with Crippen LogP contribution in [0.3, 0.4) is 0 Å². The number of rotatable bonds is 5. The first-order valence-electron chi connectivity index (χ1n) is 10.1. The fraction of sp³-hybridized carbons (Fsp3) is 0.174. The van der Waals surface area contributed by atoms with Gasteiger partial charge in [-0.25, -0.2) is 21.6 Å². The van der Waals surface area contributed by atoms with Gasteiger partial charge in [0.25, 0.3) is 5.91 Å². The van der Waals surface area contributed by atoms with Gasteiger partial charge in [0.1, 0.15) is 17.5 Å². The lowest BCUT2D eigenvalue weighted by atomic mass is 10.2. The molecule has 4 rings (SSSR count). The zero-order valence-corrected chi connectivity index (χ0v) is 18.2. The number of hydrogen-bond donors (Lipinski definition) is 1. The number of carbonyl (C=O) groups excluding carboxylic acids is 1. The van der Waals surface area contributed by atoms with Crippen LogP contribution in [0.5, 0.6) is 0 Å². The molecule has 0 bridgehead atoms. The van der Waals surface area contributed by atoms with Gasteiger partial charge >= 0.3 is 0 Å². The van der Waals surface area contributed by atoms with Gasteiger partial charge in [0.2, 0.25) is 10.0 Å². The summed E-state index contributed by atoms with van der Waals surface area (Å²) in [7, 11) is -3.89. The van der Waals surface area contributed by atoms with Gasteiger partial charge in [-0.2, -0.15) is 4.31 Å². The SMILES string of the molecule is O=C(Nc1cc(F)ccc1F)c1cccc(S(=O)(=O)N2CCN(c3ccc(F)cc3)CC2)c1. The molecule has 1 N–H and O–H groups in total. The Bertz CT molecular complexity index is 1280. The Morgan fingerprint density at radius 1 is 0.818 bits per heavy atom. The van der Waals surface area contributed by atoms with Crippen LogP contribution in [0, 0.1) is 17.5 Å². The number of benzene rings is 3. The average Bonchev–Trinajstić information content (AvgIpc) is 2.82. The van der Waals surface area contributed by atoms with Crippen LogP contribution < -0.4 is 10.2 Å². The Balaban J connectivity index is 1.47. The lowest BCUT2D eigenvalue weighted by Gasteiger charge is -2.35. The van der Waals surface area contributed by atoms with Crippen molar-refractivity contribution in [1.82, 2.24) is 4.31 Å². The molecule has 0 aromatic heterocycles. The first kappa shape index (κ1) is 22.8. The van der Waals surface area contributed by atoms with E-state index in [4.69, 9.17) is 0 Å². The summed E-state index contributed by atoms with van der Waals surface area (Å²) in [6.07, 6.45) is 0. The molecule has 1 saturated heterocycles. The van der Waals surface area contributed by atoms with Crippen molar-refractivity contribution >= 4 is 27.3 Å². The van der Waals surface area contributed by atoms with E-state index < -0.39 is 27.6 Å². The van der Waals surface area contributed by atoms with E-state index in [1.807, 2.05) is 4.90 Å². The van der Waals surface area contributed by atoms with Crippen molar-refractivity contribution in [3.05, 3.63) is 89.7 Å². The molecule has 10 heteroatoms. The largest absolute Gasteiger partial charge is 0.369 e. The zero-order chi connectivity index (χ0) is 23.6. The summed E-state index contributed by atoms with van der Waals surface area (Å²) in [5.74, 6) is -2.64. The molecule has 1 fully saturated rings. The fourth-order valence-corrected chi connectivity index (χ4v) is 5.04. The van der Waals surface area contributed by atoms with E-state index in [0.29, 0.717) is 13.1 Å². The Morgan fingerprint density at radius 3 is 2.18 bits per heavy atom. The number of anilines is 2. The van der Waals surface area contributed by atoms with Crippen LogP contribution in [0.2, 0.25) is 0 Å². The van der Waals surface area contributed by atoms with Crippen molar-refractivity contribution in [3.8, 4) is 0 Å². The standard InChI is InChI=1S/C23H20F3N3O3S/c24-17-4-7-19(8-5-17)28-10-12-29(13-11-28)33(31,32)20-3-1-2-16(14-20)23(30)27-22-15-18(25)6-9-21(22)26/h1-9,14-15H,10-13H2,(H,27,30). The molecule has 1 amide bonds. The van der Waals surface area contributed by atoms with E-state index in [0.717, 1.165) is 23.9 Å². The molecule has 0 unspecified atom stereocenters. The molecule has 6 nitrogen and oxygen atoms in total. The van der Waals surface area contributed by atoms with Crippen LogP contribution in [0.15, 0.2) is 71.6 Å². The topological polar surface area (TPSA) is 69.7 Å². The number of amides is 1. The fourth-order valence-electron chi connectivity index (χ4n) is 3.57. The molecule has 0 atom stereocenters. The second-order valence-electron chi connectivity index (χ2n) is 7.47. The number of nitrogens with one attached hydrogen (secondary N) is 1. The molecule has 1 aliphatic rings. The molecule has 0 spiro atoms. The predicted octanol–water partition coefficient (Wildman–Crippen LogP) is 3.87. The van der Waals surface area contributed by atoms with E-state index >= 15 is 0 Å². The number of halogens is 3. The molecule has 0 saturated carbocycles. The molecular weight excluding hydrogens is 455 g/mol. The Labute approximate surface area is 189 Å². The number of nitrogens with zero attached hydrogens (tertiary/aromatic N) is 2. The second-order valence-corrected chi connectivity index (χ2v) is 9.41. The van der Waals surface area contributed by atoms with Crippen molar-refractivity contribution in [2.75, 3.05) is 36.4 Å². The lowest BCUT2D eigenvalue weighted by molar-refractivity contribution is 0.102. The highest BCUT2D eigenvalue weighted by molar-refractivity contribution is 7.89. The van der Waals surface area contributed by atoms with Crippen molar-refractivity contribution in [3.63, 3.8) is 0 Å². The van der Waals surface area contributed by atoms with Crippen LogP contribution in [0.1, 0.15) is 10.4 Å². The van der Waals surface area contributed by atoms with E-state index in [1.54, 1.807) is 12.1 Å². The highest BCUT2D eigenvalue weighted by Crippen LogP contribution is 2.23. The second kappa shape index (κ2) is 9.24. The van der Waals surface area contributed by atoms with Gasteiger partial charge in [0.05, 0.1) is 10.6 Å². The van der Waals surface area contributed by atoms with Gasteiger partial charge < -0.3 is 10.2 Å². The summed E-state index contributed by atoms with van der Waals surface area (Å²) in [4.78, 5) is 14.4. The molecule has 1 aliphatic heterocycles. The van der Waals surface area contributed by atoms with Crippen molar-refractivity contribution < 1.29 is 26.4 Å². The summed E-state index contributed by atoms with van der Waals surface area (Å²) < 4.78 is 67.9. The van der Waals surface area contributed by atoms with E-state index in [9.17, 15) is 26.4 Å². The Morgan fingerprint density at radius 2 is 1.48 bits per heavy atom. The van der Waals surface area contributed by atoms with Gasteiger partial charge in [0, 0.05) is 43.5 Å². The van der Waals surface area contributed by atoms with Crippen molar-refractivity contribution in [2.24, 2.45) is 0 Å². The zero-order valence-electron chi connectivity index (χ0n) is 17.3. The first-order valence-corrected chi connectivity index (χ1v) is 11.6. The van der Waals surface area contributed by atoms with E-state index in [1.165, 1.54) is 40.7 Å². The number of carbonyl (C=O) groups is 1. The van der Waals surface area contributed by atoms with E-state index in [-0.39, 0.29) is 35.1 Å². The molecule has 33 heavy (non-hydrogen) atoms. The number of hydrogen-bond acceptors (Lipinski definition) is 4. The van der Waals surface area contributed by atoms with E-state index in [2.05, 4.69) is 5.32 Å². The molecule has 0 radical (unpaired) electrons. The smallest absolute Gasteiger partial charge is 0.255 e. The summed E-state index contributed by atoms with van der Waals surface area (Å²) >= 11 is 0. The van der Waals surface area contributed by atoms with Gasteiger partial charge in [-0.05, 0) is 54.6 Å². The van der Waals surface area contributed by atoms with Crippen LogP contribution in [0.25, 0.3) is 0 Å². The van der Waals surface area contributed by atoms with Crippen molar-refractivity contribution in [2.45, 2.75) is 4.90 Å². The van der Waals surface area contributed by atoms with Crippen LogP contribution >= 0.6 is 0 Å². The van der Waals surface area contributed by atoms with Crippen LogP contribution in [0.4, 0.5) is 24.5 Å². The highest BCUT2D eigenvalue weighted by Gasteiger charge is 2.29. The summed E-state index contributed by atoms with van der Waals surface area (Å²) in [6, 6.07) is 14.0. The predicted molar refractivity (Wildman–Crippen MR) is 118 cm³/mol. The maximum absolute atomic E-state index is 13.8. The van der Waals surface area contributed by atoms with Crippen LogP contribution in [-0.2, 0) is 10.0 Å². The van der Waals surface area contributed by atoms with Gasteiger partial charge in [-0.15, -0.1) is 0 Å². The van der Waals surface area contributed by atoms with Gasteiger partial charge in [-0.1, -0.05) is 6.07 Å². The van der Waals surface area contributed by atoms with Crippen molar-refractivity contribution in [1.29, 1.82) is 0 Å². The maximum Gasteiger partial charge on any atom is 0.255 e. The molecule has 3 aromatic carbocycles. The summed E-state index contributed by atoms with van der Waals surface area (Å²) in [5, 5.41) is 2.26. The third kappa shape index (κ3) is 5.01. The van der Waals surface area contributed by atoms with Gasteiger partial charge in [-0.3, -0.25) is 4.79 Å². The lowest BCUT2D eigenvalue weighted by Crippen LogP contribution is -2.48. The highest BCUT2D eigenvalue weighted by atomic mass is 32.2. The third-order valence-electron chi connectivity index (χ3n) is 5.34. The number of sulfonamides is 1. The minimum Gasteiger partial charge on any atom is -0.369 e. The molecule has 1 heterocycles. The monoisotopic (exact) mass is 475 g/mol. The normalized spacial score (nSPS) is 14.8. The minimum atomic E-state index is -3.89. The molecule has 0 aliphatic carbocycles. The minimum absolute atomic E-state index is 0.00955. The number of piperazine rings is 1. The molecule has 172 valence electrons. The van der Waals surface area contributed by atoms with Gasteiger partial charge in [0.15, 0.2) is 0 Å². The Hall–Kier alpha value is -3.37. The average molecular weight is 475 g/mol. The molecular formula is C23H20F3N3O3S. The summed E-state index contributed by atoms with van der Waals surface area (Å²) in [5.41, 5.74) is 0.451.